The zero-order valence-corrected chi connectivity index (χ0v) is 9.83. The van der Waals surface area contributed by atoms with Crippen LogP contribution in [0.25, 0.3) is 0 Å². The van der Waals surface area contributed by atoms with E-state index in [1.165, 1.54) is 3.57 Å². The number of amides is 1. The zero-order chi connectivity index (χ0) is 9.90. The van der Waals surface area contributed by atoms with Gasteiger partial charge in [-0.05, 0) is 54.1 Å². The Bertz CT molecular complexity index is 292. The van der Waals surface area contributed by atoms with Gasteiger partial charge in [0.25, 0.3) is 0 Å². The second kappa shape index (κ2) is 4.09. The first kappa shape index (κ1) is 10.5. The number of hydrogen-bond acceptors (Lipinski definition) is 1. The maximum atomic E-state index is 10.3. The van der Waals surface area contributed by atoms with E-state index in [0.29, 0.717) is 0 Å². The van der Waals surface area contributed by atoms with E-state index in [-0.39, 0.29) is 5.54 Å². The average Bonchev–Trinajstić information content (AvgIpc) is 2.05. The van der Waals surface area contributed by atoms with Crippen LogP contribution in [0.15, 0.2) is 24.3 Å². The van der Waals surface area contributed by atoms with Crippen LogP contribution in [0.4, 0.5) is 0 Å². The van der Waals surface area contributed by atoms with Crippen molar-refractivity contribution in [3.63, 3.8) is 0 Å². The zero-order valence-electron chi connectivity index (χ0n) is 7.67. The summed E-state index contributed by atoms with van der Waals surface area (Å²) in [6.07, 6.45) is 0.734. The minimum absolute atomic E-state index is 0.286. The van der Waals surface area contributed by atoms with E-state index in [1.807, 2.05) is 38.1 Å². The number of carbonyl (C=O) groups excluding carboxylic acids is 1. The number of benzene rings is 1. The smallest absolute Gasteiger partial charge is 0.207 e. The first-order valence-corrected chi connectivity index (χ1v) is 5.11. The third kappa shape index (κ3) is 2.69. The first-order valence-electron chi connectivity index (χ1n) is 4.03. The van der Waals surface area contributed by atoms with Crippen molar-refractivity contribution in [2.45, 2.75) is 19.4 Å². The Balaban J connectivity index is 2.93. The molecule has 0 fully saturated rings. The summed E-state index contributed by atoms with van der Waals surface area (Å²) in [4.78, 5) is 10.3. The van der Waals surface area contributed by atoms with Gasteiger partial charge in [0.1, 0.15) is 0 Å². The van der Waals surface area contributed by atoms with Crippen LogP contribution < -0.4 is 5.32 Å². The summed E-state index contributed by atoms with van der Waals surface area (Å²) in [7, 11) is 0. The molecule has 70 valence electrons. The van der Waals surface area contributed by atoms with E-state index in [9.17, 15) is 4.79 Å². The molecule has 13 heavy (non-hydrogen) atoms. The lowest BCUT2D eigenvalue weighted by Crippen LogP contribution is -2.35. The molecule has 0 saturated carbocycles. The highest BCUT2D eigenvalue weighted by Crippen LogP contribution is 2.20. The van der Waals surface area contributed by atoms with Crippen LogP contribution in [-0.4, -0.2) is 6.41 Å². The van der Waals surface area contributed by atoms with E-state index >= 15 is 0 Å². The van der Waals surface area contributed by atoms with Crippen LogP contribution in [0, 0.1) is 3.57 Å². The molecule has 1 aromatic carbocycles. The summed E-state index contributed by atoms with van der Waals surface area (Å²) in [5.41, 5.74) is 0.826. The molecule has 0 aliphatic carbocycles. The van der Waals surface area contributed by atoms with Gasteiger partial charge in [-0.2, -0.15) is 0 Å². The molecule has 0 radical (unpaired) electrons. The fraction of sp³-hybridized carbons (Fsp3) is 0.300. The number of nitrogens with one attached hydrogen (secondary N) is 1. The van der Waals surface area contributed by atoms with E-state index < -0.39 is 0 Å². The number of carbonyl (C=O) groups is 1. The van der Waals surface area contributed by atoms with Crippen molar-refractivity contribution in [2.75, 3.05) is 0 Å². The SMILES string of the molecule is CC(C)(NC=O)c1ccc(I)cc1. The third-order valence-electron chi connectivity index (χ3n) is 1.99. The summed E-state index contributed by atoms with van der Waals surface area (Å²) >= 11 is 2.26. The Labute approximate surface area is 91.9 Å². The lowest BCUT2D eigenvalue weighted by Gasteiger charge is -2.24. The number of hydrogen-bond donors (Lipinski definition) is 1. The highest BCUT2D eigenvalue weighted by molar-refractivity contribution is 14.1. The van der Waals surface area contributed by atoms with E-state index in [4.69, 9.17) is 0 Å². The van der Waals surface area contributed by atoms with Crippen molar-refractivity contribution >= 4 is 29.0 Å². The van der Waals surface area contributed by atoms with Gasteiger partial charge in [-0.25, -0.2) is 0 Å². The van der Waals surface area contributed by atoms with Crippen molar-refractivity contribution in [1.29, 1.82) is 0 Å². The fourth-order valence-electron chi connectivity index (χ4n) is 1.10. The highest BCUT2D eigenvalue weighted by Gasteiger charge is 2.18. The molecule has 0 unspecified atom stereocenters. The van der Waals surface area contributed by atoms with E-state index in [0.717, 1.165) is 12.0 Å². The lowest BCUT2D eigenvalue weighted by molar-refractivity contribution is -0.111. The van der Waals surface area contributed by atoms with Crippen molar-refractivity contribution in [2.24, 2.45) is 0 Å². The largest absolute Gasteiger partial charge is 0.350 e. The summed E-state index contributed by atoms with van der Waals surface area (Å²) in [6, 6.07) is 8.12. The monoisotopic (exact) mass is 289 g/mol. The second-order valence-electron chi connectivity index (χ2n) is 3.39. The normalized spacial score (nSPS) is 11.0. The minimum atomic E-state index is -0.286. The summed E-state index contributed by atoms with van der Waals surface area (Å²) < 4.78 is 1.20. The second-order valence-corrected chi connectivity index (χ2v) is 4.64. The lowest BCUT2D eigenvalue weighted by atomic mass is 9.95. The molecule has 1 amide bonds. The van der Waals surface area contributed by atoms with Crippen LogP contribution in [0.3, 0.4) is 0 Å². The predicted molar refractivity (Wildman–Crippen MR) is 61.4 cm³/mol. The van der Waals surface area contributed by atoms with Gasteiger partial charge in [-0.3, -0.25) is 4.79 Å². The van der Waals surface area contributed by atoms with E-state index in [2.05, 4.69) is 27.9 Å². The Hall–Kier alpha value is -0.580. The number of halogens is 1. The maximum Gasteiger partial charge on any atom is 0.207 e. The van der Waals surface area contributed by atoms with E-state index in [1.54, 1.807) is 0 Å². The molecule has 1 aromatic rings. The quantitative estimate of drug-likeness (QED) is 0.671. The minimum Gasteiger partial charge on any atom is -0.350 e. The van der Waals surface area contributed by atoms with Crippen LogP contribution >= 0.6 is 22.6 Å². The standard InChI is InChI=1S/C10H12INO/c1-10(2,12-7-13)8-3-5-9(11)6-4-8/h3-7H,1-2H3,(H,12,13). The van der Waals surface area contributed by atoms with Crippen LogP contribution in [0.5, 0.6) is 0 Å². The van der Waals surface area contributed by atoms with Gasteiger partial charge in [0, 0.05) is 3.57 Å². The molecule has 0 aliphatic heterocycles. The van der Waals surface area contributed by atoms with Crippen LogP contribution in [0.2, 0.25) is 0 Å². The van der Waals surface area contributed by atoms with Gasteiger partial charge in [0.15, 0.2) is 0 Å². The molecule has 0 aromatic heterocycles. The molecular formula is C10H12INO. The summed E-state index contributed by atoms with van der Waals surface area (Å²) in [5, 5.41) is 2.77. The summed E-state index contributed by atoms with van der Waals surface area (Å²) in [6.45, 7) is 3.95. The fourth-order valence-corrected chi connectivity index (χ4v) is 1.46. The maximum absolute atomic E-state index is 10.3. The van der Waals surface area contributed by atoms with Gasteiger partial charge in [-0.15, -0.1) is 0 Å². The molecule has 1 N–H and O–H groups in total. The van der Waals surface area contributed by atoms with Crippen molar-refractivity contribution in [1.82, 2.24) is 5.32 Å². The predicted octanol–water partition coefficient (Wildman–Crippen LogP) is 2.27. The van der Waals surface area contributed by atoms with Gasteiger partial charge >= 0.3 is 0 Å². The molecule has 1 rings (SSSR count). The van der Waals surface area contributed by atoms with Gasteiger partial charge in [-0.1, -0.05) is 12.1 Å². The Morgan fingerprint density at radius 3 is 2.31 bits per heavy atom. The average molecular weight is 289 g/mol. The topological polar surface area (TPSA) is 29.1 Å². The molecule has 0 bridgehead atoms. The van der Waals surface area contributed by atoms with Gasteiger partial charge in [0.05, 0.1) is 5.54 Å². The Morgan fingerprint density at radius 2 is 1.85 bits per heavy atom. The molecule has 0 aliphatic rings. The molecule has 0 spiro atoms. The Morgan fingerprint density at radius 1 is 1.31 bits per heavy atom. The van der Waals surface area contributed by atoms with Crippen LogP contribution in [-0.2, 0) is 10.3 Å². The van der Waals surface area contributed by atoms with Crippen molar-refractivity contribution < 1.29 is 4.79 Å². The summed E-state index contributed by atoms with van der Waals surface area (Å²) in [5.74, 6) is 0. The first-order chi connectivity index (χ1) is 6.06. The molecule has 0 heterocycles. The molecule has 0 saturated heterocycles. The van der Waals surface area contributed by atoms with Crippen molar-refractivity contribution in [3.05, 3.63) is 33.4 Å². The molecule has 0 atom stereocenters. The molecule has 3 heteroatoms. The molecule has 2 nitrogen and oxygen atoms in total. The van der Waals surface area contributed by atoms with Gasteiger partial charge < -0.3 is 5.32 Å². The highest BCUT2D eigenvalue weighted by atomic mass is 127. The van der Waals surface area contributed by atoms with Crippen molar-refractivity contribution in [3.8, 4) is 0 Å². The van der Waals surface area contributed by atoms with Crippen LogP contribution in [0.1, 0.15) is 19.4 Å². The molecular weight excluding hydrogens is 277 g/mol. The third-order valence-corrected chi connectivity index (χ3v) is 2.70. The number of rotatable bonds is 3. The van der Waals surface area contributed by atoms with Gasteiger partial charge in [0.2, 0.25) is 6.41 Å². The Kier molecular flexibility index (Phi) is 3.30.